The van der Waals surface area contributed by atoms with Crippen LogP contribution in [-0.2, 0) is 11.2 Å². The van der Waals surface area contributed by atoms with E-state index in [1.807, 2.05) is 60.7 Å². The average Bonchev–Trinajstić information content (AvgIpc) is 2.45. The summed E-state index contributed by atoms with van der Waals surface area (Å²) in [5.74, 6) is -0.882. The Balaban J connectivity index is 1.95. The van der Waals surface area contributed by atoms with E-state index in [4.69, 9.17) is 0 Å². The van der Waals surface area contributed by atoms with Crippen LogP contribution in [0.2, 0.25) is 0 Å². The second kappa shape index (κ2) is 6.56. The highest BCUT2D eigenvalue weighted by Gasteiger charge is 2.17. The Labute approximate surface area is 112 Å². The number of nitrogens with one attached hydrogen (secondary N) is 2. The van der Waals surface area contributed by atoms with Crippen molar-refractivity contribution in [3.8, 4) is 0 Å². The van der Waals surface area contributed by atoms with Crippen molar-refractivity contribution in [1.29, 1.82) is 0 Å². The molecule has 1 atom stereocenters. The third-order valence-electron chi connectivity index (χ3n) is 2.75. The van der Waals surface area contributed by atoms with Gasteiger partial charge in [-0.2, -0.15) is 0 Å². The van der Waals surface area contributed by atoms with Crippen molar-refractivity contribution in [3.05, 3.63) is 66.2 Å². The summed E-state index contributed by atoms with van der Waals surface area (Å²) in [6.45, 7) is 0. The van der Waals surface area contributed by atoms with Gasteiger partial charge in [0, 0.05) is 12.1 Å². The van der Waals surface area contributed by atoms with E-state index in [0.717, 1.165) is 11.3 Å². The third-order valence-corrected chi connectivity index (χ3v) is 2.75. The van der Waals surface area contributed by atoms with E-state index in [9.17, 15) is 9.90 Å². The molecule has 0 amide bonds. The number of benzene rings is 2. The molecule has 0 bridgehead atoms. The zero-order chi connectivity index (χ0) is 13.5. The maximum Gasteiger partial charge on any atom is 0.322 e. The molecule has 98 valence electrons. The first-order valence-corrected chi connectivity index (χ1v) is 6.09. The van der Waals surface area contributed by atoms with Gasteiger partial charge < -0.3 is 10.5 Å². The summed E-state index contributed by atoms with van der Waals surface area (Å²) in [7, 11) is 0. The normalized spacial score (nSPS) is 11.8. The Morgan fingerprint density at radius 2 is 1.58 bits per heavy atom. The minimum Gasteiger partial charge on any atom is -0.480 e. The first-order valence-electron chi connectivity index (χ1n) is 6.09. The lowest BCUT2D eigenvalue weighted by Crippen LogP contribution is -2.41. The highest BCUT2D eigenvalue weighted by atomic mass is 16.4. The molecule has 2 aromatic rings. The predicted octanol–water partition coefficient (Wildman–Crippen LogP) is 2.30. The zero-order valence-corrected chi connectivity index (χ0v) is 10.4. The number of aliphatic carboxylic acids is 1. The quantitative estimate of drug-likeness (QED) is 0.694. The van der Waals surface area contributed by atoms with E-state index in [0.29, 0.717) is 6.42 Å². The fourth-order valence-corrected chi connectivity index (χ4v) is 1.74. The molecule has 2 rings (SSSR count). The minimum absolute atomic E-state index is 0.427. The van der Waals surface area contributed by atoms with Gasteiger partial charge in [0.2, 0.25) is 0 Å². The number of anilines is 1. The van der Waals surface area contributed by atoms with E-state index in [2.05, 4.69) is 10.9 Å². The van der Waals surface area contributed by atoms with Crippen LogP contribution < -0.4 is 10.9 Å². The second-order valence-electron chi connectivity index (χ2n) is 4.22. The van der Waals surface area contributed by atoms with Gasteiger partial charge in [-0.25, -0.2) is 5.43 Å². The number of para-hydroxylation sites is 1. The summed E-state index contributed by atoms with van der Waals surface area (Å²) >= 11 is 0. The molecule has 0 aliphatic carbocycles. The Morgan fingerprint density at radius 1 is 1.00 bits per heavy atom. The van der Waals surface area contributed by atoms with Gasteiger partial charge in [0.15, 0.2) is 0 Å². The molecule has 0 aromatic heterocycles. The first kappa shape index (κ1) is 13.1. The van der Waals surface area contributed by atoms with Gasteiger partial charge in [-0.05, 0) is 17.7 Å². The van der Waals surface area contributed by atoms with Gasteiger partial charge in [-0.1, -0.05) is 48.5 Å². The molecule has 0 aliphatic rings. The number of hydrogen-bond donors (Lipinski definition) is 3. The lowest BCUT2D eigenvalue weighted by Gasteiger charge is -2.16. The predicted molar refractivity (Wildman–Crippen MR) is 74.8 cm³/mol. The molecule has 3 N–H and O–H groups in total. The van der Waals surface area contributed by atoms with E-state index < -0.39 is 12.0 Å². The number of carbonyl (C=O) groups is 1. The molecule has 0 saturated carbocycles. The topological polar surface area (TPSA) is 61.4 Å². The summed E-state index contributed by atoms with van der Waals surface area (Å²) in [5, 5.41) is 9.21. The molecule has 0 unspecified atom stereocenters. The molecular formula is C15H16N2O2. The molecule has 0 aliphatic heterocycles. The van der Waals surface area contributed by atoms with Gasteiger partial charge >= 0.3 is 5.97 Å². The highest BCUT2D eigenvalue weighted by Crippen LogP contribution is 2.06. The minimum atomic E-state index is -0.882. The molecule has 4 heteroatoms. The molecule has 0 heterocycles. The number of hydrazine groups is 1. The van der Waals surface area contributed by atoms with E-state index >= 15 is 0 Å². The van der Waals surface area contributed by atoms with Gasteiger partial charge in [0.1, 0.15) is 6.04 Å². The number of hydrogen-bond acceptors (Lipinski definition) is 3. The summed E-state index contributed by atoms with van der Waals surface area (Å²) in [5.41, 5.74) is 7.57. The van der Waals surface area contributed by atoms with Gasteiger partial charge in [0.25, 0.3) is 0 Å². The highest BCUT2D eigenvalue weighted by molar-refractivity contribution is 5.74. The molecule has 0 radical (unpaired) electrons. The lowest BCUT2D eigenvalue weighted by molar-refractivity contribution is -0.139. The van der Waals surface area contributed by atoms with Crippen LogP contribution in [0.5, 0.6) is 0 Å². The molecular weight excluding hydrogens is 240 g/mol. The number of carboxylic acid groups (broad SMARTS) is 1. The fourth-order valence-electron chi connectivity index (χ4n) is 1.74. The van der Waals surface area contributed by atoms with Crippen molar-refractivity contribution in [2.75, 3.05) is 5.43 Å². The summed E-state index contributed by atoms with van der Waals surface area (Å²) in [4.78, 5) is 11.2. The van der Waals surface area contributed by atoms with Crippen molar-refractivity contribution in [1.82, 2.24) is 5.43 Å². The van der Waals surface area contributed by atoms with Gasteiger partial charge in [-0.15, -0.1) is 0 Å². The Morgan fingerprint density at radius 3 is 2.16 bits per heavy atom. The molecule has 19 heavy (non-hydrogen) atoms. The fraction of sp³-hybridized carbons (Fsp3) is 0.133. The van der Waals surface area contributed by atoms with Crippen LogP contribution in [0.4, 0.5) is 5.69 Å². The van der Waals surface area contributed by atoms with Crippen LogP contribution in [0.3, 0.4) is 0 Å². The maximum absolute atomic E-state index is 11.2. The third kappa shape index (κ3) is 4.12. The first-order chi connectivity index (χ1) is 9.25. The van der Waals surface area contributed by atoms with Crippen LogP contribution >= 0.6 is 0 Å². The molecule has 0 fully saturated rings. The maximum atomic E-state index is 11.2. The number of carboxylic acids is 1. The largest absolute Gasteiger partial charge is 0.480 e. The van der Waals surface area contributed by atoms with Crippen molar-refractivity contribution in [2.45, 2.75) is 12.5 Å². The summed E-state index contributed by atoms with van der Waals surface area (Å²) < 4.78 is 0. The standard InChI is InChI=1S/C15H16N2O2/c18-15(19)14(11-12-7-3-1-4-8-12)17-16-13-9-5-2-6-10-13/h1-10,14,16-17H,11H2,(H,18,19)/t14-/m0/s1. The van der Waals surface area contributed by atoms with Gasteiger partial charge in [0.05, 0.1) is 0 Å². The Hall–Kier alpha value is -2.33. The van der Waals surface area contributed by atoms with Crippen molar-refractivity contribution < 1.29 is 9.90 Å². The Kier molecular flexibility index (Phi) is 4.53. The Bertz CT molecular complexity index is 514. The average molecular weight is 256 g/mol. The monoisotopic (exact) mass is 256 g/mol. The molecule has 0 saturated heterocycles. The van der Waals surface area contributed by atoms with Crippen LogP contribution in [0.25, 0.3) is 0 Å². The number of rotatable bonds is 6. The van der Waals surface area contributed by atoms with Crippen molar-refractivity contribution in [2.24, 2.45) is 0 Å². The van der Waals surface area contributed by atoms with Crippen LogP contribution in [0, 0.1) is 0 Å². The summed E-state index contributed by atoms with van der Waals surface area (Å²) in [6, 6.07) is 18.3. The molecule has 2 aromatic carbocycles. The van der Waals surface area contributed by atoms with Crippen molar-refractivity contribution in [3.63, 3.8) is 0 Å². The van der Waals surface area contributed by atoms with E-state index in [-0.39, 0.29) is 0 Å². The lowest BCUT2D eigenvalue weighted by atomic mass is 10.1. The van der Waals surface area contributed by atoms with Crippen LogP contribution in [-0.4, -0.2) is 17.1 Å². The summed E-state index contributed by atoms with van der Waals surface area (Å²) in [6.07, 6.45) is 0.427. The van der Waals surface area contributed by atoms with Crippen LogP contribution in [0.15, 0.2) is 60.7 Å². The van der Waals surface area contributed by atoms with Gasteiger partial charge in [-0.3, -0.25) is 4.79 Å². The SMILES string of the molecule is O=C(O)[C@H](Cc1ccccc1)NNc1ccccc1. The molecule has 0 spiro atoms. The smallest absolute Gasteiger partial charge is 0.322 e. The molecule has 4 nitrogen and oxygen atoms in total. The van der Waals surface area contributed by atoms with E-state index in [1.54, 1.807) is 0 Å². The second-order valence-corrected chi connectivity index (χ2v) is 4.22. The van der Waals surface area contributed by atoms with E-state index in [1.165, 1.54) is 0 Å². The van der Waals surface area contributed by atoms with Crippen molar-refractivity contribution >= 4 is 11.7 Å². The zero-order valence-electron chi connectivity index (χ0n) is 10.4. The van der Waals surface area contributed by atoms with Crippen LogP contribution in [0.1, 0.15) is 5.56 Å².